The molecule has 0 bridgehead atoms. The van der Waals surface area contributed by atoms with E-state index in [0.717, 1.165) is 12.1 Å². The molecule has 0 spiro atoms. The van der Waals surface area contributed by atoms with Crippen LogP contribution >= 0.6 is 0 Å². The largest absolute Gasteiger partial charge is 0.417 e. The normalized spacial score (nSPS) is 11.7. The second kappa shape index (κ2) is 4.60. The fourth-order valence-electron chi connectivity index (χ4n) is 1.68. The average Bonchev–Trinajstić information content (AvgIpc) is 2.26. The summed E-state index contributed by atoms with van der Waals surface area (Å²) in [5, 5.41) is 0. The van der Waals surface area contributed by atoms with Crippen molar-refractivity contribution in [1.82, 2.24) is 0 Å². The van der Waals surface area contributed by atoms with Crippen molar-refractivity contribution >= 4 is 0 Å². The van der Waals surface area contributed by atoms with Crippen LogP contribution in [0.3, 0.4) is 0 Å². The van der Waals surface area contributed by atoms with Gasteiger partial charge in [0.1, 0.15) is 17.5 Å². The van der Waals surface area contributed by atoms with E-state index in [4.69, 9.17) is 0 Å². The third-order valence-corrected chi connectivity index (χ3v) is 2.45. The van der Waals surface area contributed by atoms with Gasteiger partial charge in [-0.15, -0.1) is 0 Å². The smallest absolute Gasteiger partial charge is 0.207 e. The van der Waals surface area contributed by atoms with Gasteiger partial charge >= 0.3 is 6.18 Å². The zero-order valence-electron chi connectivity index (χ0n) is 9.15. The molecule has 0 fully saturated rings. The lowest BCUT2D eigenvalue weighted by Gasteiger charge is -2.13. The number of rotatable bonds is 1. The predicted octanol–water partition coefficient (Wildman–Crippen LogP) is 4.59. The molecule has 0 aliphatic heterocycles. The molecule has 2 aromatic rings. The Balaban J connectivity index is 2.74. The molecule has 2 aromatic carbocycles. The fraction of sp³-hybridized carbons (Fsp3) is 0.0769. The van der Waals surface area contributed by atoms with Crippen LogP contribution in [-0.4, -0.2) is 0 Å². The molecule has 1 radical (unpaired) electrons. The summed E-state index contributed by atoms with van der Waals surface area (Å²) in [4.78, 5) is 0. The molecule has 19 heavy (non-hydrogen) atoms. The second-order valence-corrected chi connectivity index (χ2v) is 3.71. The first-order chi connectivity index (χ1) is 8.80. The Morgan fingerprint density at radius 1 is 0.947 bits per heavy atom. The van der Waals surface area contributed by atoms with Crippen molar-refractivity contribution in [2.45, 2.75) is 6.18 Å². The van der Waals surface area contributed by atoms with Crippen molar-refractivity contribution in [3.63, 3.8) is 0 Å². The molecule has 2 rings (SSSR count). The van der Waals surface area contributed by atoms with E-state index in [1.807, 2.05) is 0 Å². The first-order valence-corrected chi connectivity index (χ1v) is 5.03. The molecule has 0 unspecified atom stereocenters. The molecular weight excluding hydrogens is 270 g/mol. The summed E-state index contributed by atoms with van der Waals surface area (Å²) in [6.07, 6.45) is -4.79. The van der Waals surface area contributed by atoms with Gasteiger partial charge in [-0.05, 0) is 17.7 Å². The van der Waals surface area contributed by atoms with Gasteiger partial charge in [-0.3, -0.25) is 0 Å². The summed E-state index contributed by atoms with van der Waals surface area (Å²) in [6.45, 7) is 0. The second-order valence-electron chi connectivity index (χ2n) is 3.71. The van der Waals surface area contributed by atoms with Gasteiger partial charge in [0.05, 0.1) is 11.1 Å². The lowest BCUT2D eigenvalue weighted by Crippen LogP contribution is -2.08. The highest BCUT2D eigenvalue weighted by Gasteiger charge is 2.34. The zero-order valence-corrected chi connectivity index (χ0v) is 9.15. The number of hydrogen-bond donors (Lipinski definition) is 0. The third-order valence-electron chi connectivity index (χ3n) is 2.45. The monoisotopic (exact) mass is 275 g/mol. The maximum Gasteiger partial charge on any atom is 0.417 e. The Bertz CT molecular complexity index is 592. The number of hydrogen-bond acceptors (Lipinski definition) is 0. The van der Waals surface area contributed by atoms with Gasteiger partial charge in [0.25, 0.3) is 0 Å². The van der Waals surface area contributed by atoms with Crippen molar-refractivity contribution in [2.75, 3.05) is 0 Å². The average molecular weight is 275 g/mol. The van der Waals surface area contributed by atoms with E-state index in [-0.39, 0.29) is 0 Å². The minimum Gasteiger partial charge on any atom is -0.207 e. The van der Waals surface area contributed by atoms with Crippen LogP contribution in [-0.2, 0) is 6.18 Å². The first kappa shape index (κ1) is 13.5. The van der Waals surface area contributed by atoms with Gasteiger partial charge in [0.15, 0.2) is 0 Å². The maximum atomic E-state index is 13.5. The Morgan fingerprint density at radius 2 is 1.53 bits per heavy atom. The molecule has 0 nitrogen and oxygen atoms in total. The number of halogens is 6. The summed E-state index contributed by atoms with van der Waals surface area (Å²) in [5.41, 5.74) is -2.84. The van der Waals surface area contributed by atoms with Gasteiger partial charge < -0.3 is 0 Å². The van der Waals surface area contributed by atoms with Crippen LogP contribution < -0.4 is 0 Å². The Labute approximate surface area is 104 Å². The van der Waals surface area contributed by atoms with Crippen molar-refractivity contribution in [3.05, 3.63) is 59.4 Å². The molecule has 6 heteroatoms. The van der Waals surface area contributed by atoms with Gasteiger partial charge in [-0.25, -0.2) is 13.2 Å². The topological polar surface area (TPSA) is 0 Å². The molecular formula is C13H5F6. The zero-order chi connectivity index (χ0) is 14.2. The summed E-state index contributed by atoms with van der Waals surface area (Å²) in [7, 11) is 0. The number of alkyl halides is 3. The maximum absolute atomic E-state index is 13.5. The molecule has 0 aliphatic carbocycles. The molecule has 0 aliphatic rings. The van der Waals surface area contributed by atoms with E-state index in [1.165, 1.54) is 0 Å². The van der Waals surface area contributed by atoms with E-state index < -0.39 is 40.3 Å². The lowest BCUT2D eigenvalue weighted by molar-refractivity contribution is -0.137. The standard InChI is InChI=1S/C13H5F6/c14-7-5-10(15)12(11(16)6-7)8-3-1-2-4-9(8)13(17,18)19/h1,3-6H. The molecule has 0 atom stereocenters. The van der Waals surface area contributed by atoms with Crippen molar-refractivity contribution in [2.24, 2.45) is 0 Å². The third kappa shape index (κ3) is 2.57. The Hall–Kier alpha value is -1.98. The summed E-state index contributed by atoms with van der Waals surface area (Å²) < 4.78 is 78.0. The molecule has 0 amide bonds. The van der Waals surface area contributed by atoms with Crippen molar-refractivity contribution < 1.29 is 26.3 Å². The molecule has 99 valence electrons. The van der Waals surface area contributed by atoms with Gasteiger partial charge in [0.2, 0.25) is 0 Å². The minimum atomic E-state index is -4.79. The first-order valence-electron chi connectivity index (χ1n) is 5.03. The van der Waals surface area contributed by atoms with Crippen LogP contribution in [0.5, 0.6) is 0 Å². The van der Waals surface area contributed by atoms with Gasteiger partial charge in [-0.1, -0.05) is 12.1 Å². The summed E-state index contributed by atoms with van der Waals surface area (Å²) in [5.74, 6) is -3.99. The van der Waals surface area contributed by atoms with E-state index in [1.54, 1.807) is 0 Å². The van der Waals surface area contributed by atoms with Crippen LogP contribution in [0.2, 0.25) is 0 Å². The highest BCUT2D eigenvalue weighted by molar-refractivity contribution is 5.69. The molecule has 0 saturated heterocycles. The quantitative estimate of drug-likeness (QED) is 0.668. The summed E-state index contributed by atoms with van der Waals surface area (Å²) in [6, 6.07) is 5.39. The van der Waals surface area contributed by atoms with Crippen molar-refractivity contribution in [3.8, 4) is 11.1 Å². The van der Waals surface area contributed by atoms with Crippen LogP contribution in [0.4, 0.5) is 26.3 Å². The van der Waals surface area contributed by atoms with E-state index in [2.05, 4.69) is 6.07 Å². The highest BCUT2D eigenvalue weighted by atomic mass is 19.4. The Kier molecular flexibility index (Phi) is 3.26. The van der Waals surface area contributed by atoms with Gasteiger partial charge in [0, 0.05) is 12.1 Å². The fourth-order valence-corrected chi connectivity index (χ4v) is 1.68. The van der Waals surface area contributed by atoms with E-state index >= 15 is 0 Å². The van der Waals surface area contributed by atoms with E-state index in [0.29, 0.717) is 18.2 Å². The lowest BCUT2D eigenvalue weighted by atomic mass is 9.98. The van der Waals surface area contributed by atoms with E-state index in [9.17, 15) is 26.3 Å². The molecule has 0 saturated carbocycles. The SMILES string of the molecule is Fc1cc(F)c(-c2cc[c]cc2C(F)(F)F)c(F)c1. The Morgan fingerprint density at radius 3 is 2.05 bits per heavy atom. The molecule has 0 aromatic heterocycles. The van der Waals surface area contributed by atoms with Gasteiger partial charge in [-0.2, -0.15) is 13.2 Å². The minimum absolute atomic E-state index is 0.329. The van der Waals surface area contributed by atoms with Crippen LogP contribution in [0.1, 0.15) is 5.56 Å². The summed E-state index contributed by atoms with van der Waals surface area (Å²) >= 11 is 0. The predicted molar refractivity (Wildman–Crippen MR) is 55.6 cm³/mol. The molecule has 0 N–H and O–H groups in total. The van der Waals surface area contributed by atoms with Crippen molar-refractivity contribution in [1.29, 1.82) is 0 Å². The number of benzene rings is 2. The molecule has 0 heterocycles. The van der Waals surface area contributed by atoms with Crippen LogP contribution in [0.15, 0.2) is 30.3 Å². The van der Waals surface area contributed by atoms with Crippen LogP contribution in [0, 0.1) is 23.5 Å². The van der Waals surface area contributed by atoms with Crippen LogP contribution in [0.25, 0.3) is 11.1 Å². The highest BCUT2D eigenvalue weighted by Crippen LogP contribution is 2.38.